The average Bonchev–Trinajstić information content (AvgIpc) is 3.30. The summed E-state index contributed by atoms with van der Waals surface area (Å²) in [6.07, 6.45) is 3.98. The van der Waals surface area contributed by atoms with E-state index in [0.29, 0.717) is 22.9 Å². The first kappa shape index (κ1) is 15.9. The third-order valence-corrected chi connectivity index (χ3v) is 4.62. The Kier molecular flexibility index (Phi) is 3.63. The van der Waals surface area contributed by atoms with Crippen molar-refractivity contribution in [1.29, 1.82) is 0 Å². The Balaban J connectivity index is 1.75. The molecule has 0 aliphatic heterocycles. The summed E-state index contributed by atoms with van der Waals surface area (Å²) >= 11 is 0. The van der Waals surface area contributed by atoms with Crippen LogP contribution in [-0.4, -0.2) is 19.7 Å². The summed E-state index contributed by atoms with van der Waals surface area (Å²) < 4.78 is 1.80. The van der Waals surface area contributed by atoms with E-state index < -0.39 is 0 Å². The normalized spacial score (nSPS) is 16.1. The number of aromatic amines is 1. The number of nitrogens with zero attached hydrogens (tertiary/aromatic N) is 3. The second-order valence-corrected chi connectivity index (χ2v) is 7.75. The maximum Gasteiger partial charge on any atom is 0.263 e. The van der Waals surface area contributed by atoms with Gasteiger partial charge in [-0.15, -0.1) is 0 Å². The minimum Gasteiger partial charge on any atom is -0.349 e. The Morgan fingerprint density at radius 3 is 2.60 bits per heavy atom. The van der Waals surface area contributed by atoms with Gasteiger partial charge in [-0.3, -0.25) is 9.78 Å². The van der Waals surface area contributed by atoms with Crippen LogP contribution in [0.5, 0.6) is 0 Å². The van der Waals surface area contributed by atoms with Crippen LogP contribution in [0.25, 0.3) is 11.0 Å². The molecule has 1 aromatic carbocycles. The Morgan fingerprint density at radius 1 is 1.24 bits per heavy atom. The summed E-state index contributed by atoms with van der Waals surface area (Å²) in [6, 6.07) is 10.5. The molecule has 1 atom stereocenters. The summed E-state index contributed by atoms with van der Waals surface area (Å²) in [5.41, 5.74) is 1.43. The maximum absolute atomic E-state index is 12.5. The van der Waals surface area contributed by atoms with Gasteiger partial charge in [-0.2, -0.15) is 10.1 Å². The summed E-state index contributed by atoms with van der Waals surface area (Å²) in [4.78, 5) is 20.0. The zero-order chi connectivity index (χ0) is 17.6. The molecule has 3 aromatic rings. The van der Waals surface area contributed by atoms with Gasteiger partial charge in [0.2, 0.25) is 5.95 Å². The highest BCUT2D eigenvalue weighted by molar-refractivity contribution is 5.74. The van der Waals surface area contributed by atoms with Crippen molar-refractivity contribution in [3.63, 3.8) is 0 Å². The van der Waals surface area contributed by atoms with Crippen molar-refractivity contribution >= 4 is 17.0 Å². The van der Waals surface area contributed by atoms with Gasteiger partial charge in [-0.05, 0) is 45.1 Å². The summed E-state index contributed by atoms with van der Waals surface area (Å²) in [5.74, 6) is 1.08. The average molecular weight is 337 g/mol. The third kappa shape index (κ3) is 3.04. The topological polar surface area (TPSA) is 75.6 Å². The van der Waals surface area contributed by atoms with Gasteiger partial charge in [-0.25, -0.2) is 4.68 Å². The molecule has 0 radical (unpaired) electrons. The van der Waals surface area contributed by atoms with E-state index in [-0.39, 0.29) is 17.1 Å². The van der Waals surface area contributed by atoms with E-state index in [9.17, 15) is 4.79 Å². The van der Waals surface area contributed by atoms with Crippen LogP contribution in [0.3, 0.4) is 0 Å². The molecule has 2 aromatic heterocycles. The number of hydrogen-bond acceptors (Lipinski definition) is 4. The molecule has 1 saturated carbocycles. The number of hydrogen-bond donors (Lipinski definition) is 2. The number of nitrogens with one attached hydrogen (secondary N) is 2. The van der Waals surface area contributed by atoms with Crippen LogP contribution >= 0.6 is 0 Å². The van der Waals surface area contributed by atoms with Gasteiger partial charge < -0.3 is 5.32 Å². The lowest BCUT2D eigenvalue weighted by molar-refractivity contribution is 0.366. The van der Waals surface area contributed by atoms with Crippen molar-refractivity contribution in [3.8, 4) is 0 Å². The fourth-order valence-corrected chi connectivity index (χ4v) is 3.19. The Morgan fingerprint density at radius 2 is 1.96 bits per heavy atom. The van der Waals surface area contributed by atoms with Gasteiger partial charge in [0.1, 0.15) is 5.39 Å². The van der Waals surface area contributed by atoms with Crippen LogP contribution < -0.4 is 10.9 Å². The molecule has 6 nitrogen and oxygen atoms in total. The highest BCUT2D eigenvalue weighted by Gasteiger charge is 2.33. The van der Waals surface area contributed by atoms with Crippen LogP contribution in [0.4, 0.5) is 5.95 Å². The van der Waals surface area contributed by atoms with E-state index in [1.807, 2.05) is 39.0 Å². The molecule has 1 fully saturated rings. The molecular weight excluding hydrogens is 314 g/mol. The Bertz CT molecular complexity index is 947. The van der Waals surface area contributed by atoms with Crippen molar-refractivity contribution < 1.29 is 0 Å². The number of H-pyrrole nitrogens is 1. The first-order valence-electron chi connectivity index (χ1n) is 8.73. The van der Waals surface area contributed by atoms with E-state index in [4.69, 9.17) is 0 Å². The van der Waals surface area contributed by atoms with Gasteiger partial charge in [0.25, 0.3) is 5.56 Å². The van der Waals surface area contributed by atoms with Gasteiger partial charge in [0, 0.05) is 0 Å². The molecule has 1 unspecified atom stereocenters. The molecule has 6 heteroatoms. The van der Waals surface area contributed by atoms with Crippen molar-refractivity contribution in [2.75, 3.05) is 5.32 Å². The van der Waals surface area contributed by atoms with Crippen molar-refractivity contribution in [3.05, 3.63) is 52.4 Å². The molecule has 1 aliphatic rings. The van der Waals surface area contributed by atoms with Crippen LogP contribution in [0.2, 0.25) is 0 Å². The van der Waals surface area contributed by atoms with E-state index in [1.165, 1.54) is 18.4 Å². The molecule has 25 heavy (non-hydrogen) atoms. The van der Waals surface area contributed by atoms with E-state index >= 15 is 0 Å². The quantitative estimate of drug-likeness (QED) is 0.765. The van der Waals surface area contributed by atoms with Gasteiger partial charge in [-0.1, -0.05) is 30.3 Å². The molecule has 2 N–H and O–H groups in total. The monoisotopic (exact) mass is 337 g/mol. The Hall–Kier alpha value is -2.63. The summed E-state index contributed by atoms with van der Waals surface area (Å²) in [7, 11) is 0. The van der Waals surface area contributed by atoms with Crippen LogP contribution in [0.15, 0.2) is 41.3 Å². The number of fused-ring (bicyclic) bond motifs is 1. The van der Waals surface area contributed by atoms with Gasteiger partial charge >= 0.3 is 0 Å². The molecule has 130 valence electrons. The lowest BCUT2D eigenvalue weighted by Gasteiger charge is -2.21. The van der Waals surface area contributed by atoms with Gasteiger partial charge in [0.15, 0.2) is 5.65 Å². The highest BCUT2D eigenvalue weighted by atomic mass is 16.1. The lowest BCUT2D eigenvalue weighted by atomic mass is 10.0. The second kappa shape index (κ2) is 5.72. The standard InChI is InChI=1S/C19H23N5O/c1-19(2,3)24-16-14(11-20-24)17(25)23-18(22-16)21-15(13-9-10-13)12-7-5-4-6-8-12/h4-8,11,13,15H,9-10H2,1-3H3,(H2,21,22,23,25). The first-order valence-corrected chi connectivity index (χ1v) is 8.73. The molecule has 0 saturated heterocycles. The van der Waals surface area contributed by atoms with Crippen LogP contribution in [0, 0.1) is 5.92 Å². The van der Waals surface area contributed by atoms with E-state index in [2.05, 4.69) is 32.5 Å². The highest BCUT2D eigenvalue weighted by Crippen LogP contribution is 2.42. The molecule has 0 bridgehead atoms. The fraction of sp³-hybridized carbons (Fsp3) is 0.421. The second-order valence-electron chi connectivity index (χ2n) is 7.75. The predicted molar refractivity (Wildman–Crippen MR) is 98.7 cm³/mol. The van der Waals surface area contributed by atoms with Gasteiger partial charge in [0.05, 0.1) is 17.8 Å². The molecular formula is C19H23N5O. The fourth-order valence-electron chi connectivity index (χ4n) is 3.19. The van der Waals surface area contributed by atoms with Crippen LogP contribution in [0.1, 0.15) is 45.2 Å². The number of anilines is 1. The molecule has 0 spiro atoms. The number of rotatable bonds is 4. The first-order chi connectivity index (χ1) is 11.9. The largest absolute Gasteiger partial charge is 0.349 e. The SMILES string of the molecule is CC(C)(C)n1ncc2c(=O)[nH]c(NC(c3ccccc3)C3CC3)nc21. The molecule has 0 amide bonds. The third-order valence-electron chi connectivity index (χ3n) is 4.62. The minimum absolute atomic E-state index is 0.160. The van der Waals surface area contributed by atoms with E-state index in [0.717, 1.165) is 0 Å². The predicted octanol–water partition coefficient (Wildman–Crippen LogP) is 3.44. The lowest BCUT2D eigenvalue weighted by Crippen LogP contribution is -2.25. The van der Waals surface area contributed by atoms with Crippen LogP contribution in [-0.2, 0) is 5.54 Å². The molecule has 1 aliphatic carbocycles. The van der Waals surface area contributed by atoms with Crippen molar-refractivity contribution in [2.45, 2.75) is 45.2 Å². The molecule has 2 heterocycles. The summed E-state index contributed by atoms with van der Waals surface area (Å²) in [6.45, 7) is 6.14. The zero-order valence-corrected chi connectivity index (χ0v) is 14.8. The van der Waals surface area contributed by atoms with E-state index in [1.54, 1.807) is 10.9 Å². The Labute approximate surface area is 146 Å². The number of benzene rings is 1. The zero-order valence-electron chi connectivity index (χ0n) is 14.8. The summed E-state index contributed by atoms with van der Waals surface area (Å²) in [5, 5.41) is 8.33. The van der Waals surface area contributed by atoms with Crippen molar-refractivity contribution in [2.24, 2.45) is 5.92 Å². The van der Waals surface area contributed by atoms with Crippen molar-refractivity contribution in [1.82, 2.24) is 19.7 Å². The minimum atomic E-state index is -0.241. The molecule has 4 rings (SSSR count). The smallest absolute Gasteiger partial charge is 0.263 e. The number of aromatic nitrogens is 4. The maximum atomic E-state index is 12.5.